The summed E-state index contributed by atoms with van der Waals surface area (Å²) < 4.78 is 5.84. The Balaban J connectivity index is 1.75. The molecule has 4 nitrogen and oxygen atoms in total. The van der Waals surface area contributed by atoms with Crippen molar-refractivity contribution >= 4 is 23.0 Å². The molecule has 136 valence electrons. The van der Waals surface area contributed by atoms with Crippen molar-refractivity contribution in [2.24, 2.45) is 0 Å². The number of ether oxygens (including phenoxy) is 1. The number of nitrogens with one attached hydrogen (secondary N) is 1. The molecule has 0 unspecified atom stereocenters. The second kappa shape index (κ2) is 7.69. The number of benzene rings is 2. The van der Waals surface area contributed by atoms with Crippen molar-refractivity contribution < 1.29 is 4.74 Å². The first-order chi connectivity index (χ1) is 12.8. The monoisotopic (exact) mass is 377 g/mol. The number of anilines is 2. The van der Waals surface area contributed by atoms with Crippen LogP contribution in [0.25, 0.3) is 11.3 Å². The molecule has 0 aliphatic carbocycles. The van der Waals surface area contributed by atoms with Gasteiger partial charge in [-0.3, -0.25) is 4.98 Å². The van der Waals surface area contributed by atoms with Crippen LogP contribution in [-0.2, 0) is 0 Å². The van der Waals surface area contributed by atoms with Crippen LogP contribution in [0, 0.1) is 11.3 Å². The van der Waals surface area contributed by atoms with E-state index in [-0.39, 0.29) is 5.60 Å². The Morgan fingerprint density at radius 1 is 1.04 bits per heavy atom. The van der Waals surface area contributed by atoms with Gasteiger partial charge in [-0.05, 0) is 75.4 Å². The highest BCUT2D eigenvalue weighted by Gasteiger charge is 2.11. The number of pyridine rings is 1. The van der Waals surface area contributed by atoms with Gasteiger partial charge in [0.2, 0.25) is 0 Å². The van der Waals surface area contributed by atoms with Gasteiger partial charge in [0.05, 0.1) is 39.9 Å². The maximum Gasteiger partial charge on any atom is 0.120 e. The highest BCUT2D eigenvalue weighted by molar-refractivity contribution is 6.33. The van der Waals surface area contributed by atoms with E-state index >= 15 is 0 Å². The van der Waals surface area contributed by atoms with Gasteiger partial charge in [-0.25, -0.2) is 0 Å². The van der Waals surface area contributed by atoms with Crippen LogP contribution in [0.5, 0.6) is 5.75 Å². The third-order valence-corrected chi connectivity index (χ3v) is 4.04. The van der Waals surface area contributed by atoms with Gasteiger partial charge in [0.1, 0.15) is 11.4 Å². The molecule has 0 aliphatic heterocycles. The first-order valence-corrected chi connectivity index (χ1v) is 8.94. The first kappa shape index (κ1) is 18.8. The minimum atomic E-state index is -0.225. The van der Waals surface area contributed by atoms with Crippen molar-refractivity contribution in [1.82, 2.24) is 4.98 Å². The lowest BCUT2D eigenvalue weighted by Crippen LogP contribution is -2.22. The molecule has 0 radical (unpaired) electrons. The van der Waals surface area contributed by atoms with E-state index in [1.165, 1.54) is 0 Å². The maximum absolute atomic E-state index is 9.02. The minimum absolute atomic E-state index is 0.225. The van der Waals surface area contributed by atoms with Crippen LogP contribution in [0.3, 0.4) is 0 Å². The van der Waals surface area contributed by atoms with E-state index in [9.17, 15) is 0 Å². The van der Waals surface area contributed by atoms with Gasteiger partial charge in [0, 0.05) is 5.56 Å². The lowest BCUT2D eigenvalue weighted by atomic mass is 10.1. The molecule has 5 heteroatoms. The standard InChI is InChI=1S/C22H20ClN3O/c1-22(2,3)27-18-8-5-16(6-9-18)20-11-7-17(14-25-20)26-21-12-15(13-24)4-10-19(21)23/h4-12,14,26H,1-3H3. The van der Waals surface area contributed by atoms with Crippen molar-refractivity contribution in [3.05, 3.63) is 71.4 Å². The lowest BCUT2D eigenvalue weighted by Gasteiger charge is -2.21. The summed E-state index contributed by atoms with van der Waals surface area (Å²) in [6, 6.07) is 18.9. The molecule has 0 fully saturated rings. The summed E-state index contributed by atoms with van der Waals surface area (Å²) in [4.78, 5) is 4.51. The van der Waals surface area contributed by atoms with E-state index in [1.807, 2.05) is 57.2 Å². The summed E-state index contributed by atoms with van der Waals surface area (Å²) in [5, 5.41) is 12.8. The predicted octanol–water partition coefficient (Wildman–Crippen LogP) is 6.19. The SMILES string of the molecule is CC(C)(C)Oc1ccc(-c2ccc(Nc3cc(C#N)ccc3Cl)cn2)cc1. The fourth-order valence-electron chi connectivity index (χ4n) is 2.53. The van der Waals surface area contributed by atoms with Crippen LogP contribution in [0.15, 0.2) is 60.8 Å². The number of nitriles is 1. The molecule has 1 heterocycles. The second-order valence-electron chi connectivity index (χ2n) is 7.10. The molecule has 1 N–H and O–H groups in total. The molecule has 3 rings (SSSR count). The number of aromatic nitrogens is 1. The largest absolute Gasteiger partial charge is 0.488 e. The van der Waals surface area contributed by atoms with Gasteiger partial charge in [-0.1, -0.05) is 11.6 Å². The molecule has 0 spiro atoms. The Morgan fingerprint density at radius 3 is 2.37 bits per heavy atom. The zero-order valence-electron chi connectivity index (χ0n) is 15.5. The highest BCUT2D eigenvalue weighted by atomic mass is 35.5. The summed E-state index contributed by atoms with van der Waals surface area (Å²) in [5.41, 5.74) is 3.66. The minimum Gasteiger partial charge on any atom is -0.488 e. The van der Waals surface area contributed by atoms with Gasteiger partial charge >= 0.3 is 0 Å². The molecule has 0 bridgehead atoms. The van der Waals surface area contributed by atoms with Crippen molar-refractivity contribution in [3.63, 3.8) is 0 Å². The Labute approximate surface area is 164 Å². The van der Waals surface area contributed by atoms with Gasteiger partial charge in [0.15, 0.2) is 0 Å². The average Bonchev–Trinajstić information content (AvgIpc) is 2.63. The average molecular weight is 378 g/mol. The quantitative estimate of drug-likeness (QED) is 0.588. The molecule has 2 aromatic carbocycles. The highest BCUT2D eigenvalue weighted by Crippen LogP contribution is 2.28. The number of hydrogen-bond donors (Lipinski definition) is 1. The van der Waals surface area contributed by atoms with E-state index < -0.39 is 0 Å². The Bertz CT molecular complexity index is 968. The third kappa shape index (κ3) is 4.99. The van der Waals surface area contributed by atoms with E-state index in [4.69, 9.17) is 21.6 Å². The topological polar surface area (TPSA) is 57.9 Å². The maximum atomic E-state index is 9.02. The molecule has 0 amide bonds. The van der Waals surface area contributed by atoms with Crippen LogP contribution in [0.4, 0.5) is 11.4 Å². The van der Waals surface area contributed by atoms with E-state index in [0.717, 1.165) is 22.7 Å². The summed E-state index contributed by atoms with van der Waals surface area (Å²) in [7, 11) is 0. The molecule has 0 atom stereocenters. The molecule has 0 saturated carbocycles. The van der Waals surface area contributed by atoms with Gasteiger partial charge in [0.25, 0.3) is 0 Å². The molecular weight excluding hydrogens is 358 g/mol. The Hall–Kier alpha value is -3.03. The first-order valence-electron chi connectivity index (χ1n) is 8.56. The van der Waals surface area contributed by atoms with Crippen LogP contribution < -0.4 is 10.1 Å². The Kier molecular flexibility index (Phi) is 5.34. The van der Waals surface area contributed by atoms with E-state index in [1.54, 1.807) is 24.4 Å². The normalized spacial score (nSPS) is 10.9. The zero-order valence-corrected chi connectivity index (χ0v) is 16.2. The smallest absolute Gasteiger partial charge is 0.120 e. The van der Waals surface area contributed by atoms with Crippen LogP contribution in [-0.4, -0.2) is 10.6 Å². The zero-order chi connectivity index (χ0) is 19.4. The third-order valence-electron chi connectivity index (χ3n) is 3.71. The number of hydrogen-bond acceptors (Lipinski definition) is 4. The van der Waals surface area contributed by atoms with Crippen LogP contribution in [0.1, 0.15) is 26.3 Å². The van der Waals surface area contributed by atoms with Crippen molar-refractivity contribution in [1.29, 1.82) is 5.26 Å². The molecular formula is C22H20ClN3O. The van der Waals surface area contributed by atoms with Crippen LogP contribution in [0.2, 0.25) is 5.02 Å². The fourth-order valence-corrected chi connectivity index (χ4v) is 2.70. The van der Waals surface area contributed by atoms with Gasteiger partial charge in [-0.15, -0.1) is 0 Å². The van der Waals surface area contributed by atoms with Gasteiger partial charge < -0.3 is 10.1 Å². The van der Waals surface area contributed by atoms with E-state index in [2.05, 4.69) is 16.4 Å². The summed E-state index contributed by atoms with van der Waals surface area (Å²) in [6.07, 6.45) is 1.74. The predicted molar refractivity (Wildman–Crippen MR) is 110 cm³/mol. The van der Waals surface area contributed by atoms with Crippen LogP contribution >= 0.6 is 11.6 Å². The lowest BCUT2D eigenvalue weighted by molar-refractivity contribution is 0.131. The fraction of sp³-hybridized carbons (Fsp3) is 0.182. The molecule has 0 saturated heterocycles. The number of nitrogens with zero attached hydrogens (tertiary/aromatic N) is 2. The van der Waals surface area contributed by atoms with Crippen molar-refractivity contribution in [3.8, 4) is 23.1 Å². The molecule has 0 aliphatic rings. The van der Waals surface area contributed by atoms with E-state index in [0.29, 0.717) is 16.3 Å². The van der Waals surface area contributed by atoms with Gasteiger partial charge in [-0.2, -0.15) is 5.26 Å². The molecule has 3 aromatic rings. The molecule has 27 heavy (non-hydrogen) atoms. The molecule has 1 aromatic heterocycles. The summed E-state index contributed by atoms with van der Waals surface area (Å²) in [6.45, 7) is 6.06. The van der Waals surface area contributed by atoms with Crippen molar-refractivity contribution in [2.45, 2.75) is 26.4 Å². The second-order valence-corrected chi connectivity index (χ2v) is 7.51. The number of rotatable bonds is 4. The summed E-state index contributed by atoms with van der Waals surface area (Å²) in [5.74, 6) is 0.830. The van der Waals surface area contributed by atoms with Crippen molar-refractivity contribution in [2.75, 3.05) is 5.32 Å². The summed E-state index contributed by atoms with van der Waals surface area (Å²) >= 11 is 6.19. The number of halogens is 1. The Morgan fingerprint density at radius 2 is 1.78 bits per heavy atom.